The molecule has 1 saturated carbocycles. The third kappa shape index (κ3) is 1.62. The first-order valence-corrected chi connectivity index (χ1v) is 4.90. The lowest BCUT2D eigenvalue weighted by atomic mass is 9.85. The summed E-state index contributed by atoms with van der Waals surface area (Å²) in [5.74, 6) is 0.980. The fourth-order valence-electron chi connectivity index (χ4n) is 1.43. The van der Waals surface area contributed by atoms with Crippen molar-refractivity contribution < 1.29 is 9.53 Å². The molecule has 0 aromatic carbocycles. The maximum atomic E-state index is 11.2. The van der Waals surface area contributed by atoms with Crippen molar-refractivity contribution in [1.29, 1.82) is 0 Å². The minimum Gasteiger partial charge on any atom is -0.460 e. The monoisotopic (exact) mass is 195 g/mol. The first-order chi connectivity index (χ1) is 6.81. The molecule has 0 aliphatic heterocycles. The van der Waals surface area contributed by atoms with Crippen LogP contribution in [0.4, 0.5) is 0 Å². The molecule has 1 aliphatic rings. The molecule has 5 nitrogen and oxygen atoms in total. The molecule has 1 heterocycles. The van der Waals surface area contributed by atoms with Gasteiger partial charge in [-0.05, 0) is 19.8 Å². The number of nitrogens with zero attached hydrogens (tertiary/aromatic N) is 2. The Kier molecular flexibility index (Phi) is 2.47. The molecular formula is C9H13N3O2. The van der Waals surface area contributed by atoms with Crippen LogP contribution in [0.5, 0.6) is 0 Å². The minimum atomic E-state index is -0.450. The first-order valence-electron chi connectivity index (χ1n) is 4.90. The molecule has 0 amide bonds. The van der Waals surface area contributed by atoms with Crippen LogP contribution < -0.4 is 0 Å². The molecule has 5 heteroatoms. The molecule has 76 valence electrons. The van der Waals surface area contributed by atoms with Crippen LogP contribution in [0.25, 0.3) is 0 Å². The molecule has 0 radical (unpaired) electrons. The predicted octanol–water partition coefficient (Wildman–Crippen LogP) is 1.25. The Balaban J connectivity index is 2.05. The summed E-state index contributed by atoms with van der Waals surface area (Å²) in [6, 6.07) is 0. The van der Waals surface area contributed by atoms with Gasteiger partial charge in [0.2, 0.25) is 0 Å². The van der Waals surface area contributed by atoms with E-state index in [2.05, 4.69) is 15.2 Å². The van der Waals surface area contributed by atoms with E-state index < -0.39 is 5.97 Å². The molecule has 1 aromatic heterocycles. The summed E-state index contributed by atoms with van der Waals surface area (Å²) in [6.07, 6.45) is 3.51. The van der Waals surface area contributed by atoms with Gasteiger partial charge in [0, 0.05) is 5.92 Å². The van der Waals surface area contributed by atoms with Gasteiger partial charge in [0.1, 0.15) is 5.82 Å². The van der Waals surface area contributed by atoms with Crippen molar-refractivity contribution in [3.05, 3.63) is 11.6 Å². The summed E-state index contributed by atoms with van der Waals surface area (Å²) in [5.41, 5.74) is 0. The van der Waals surface area contributed by atoms with Crippen LogP contribution in [0.2, 0.25) is 0 Å². The molecule has 1 N–H and O–H groups in total. The maximum absolute atomic E-state index is 11.2. The van der Waals surface area contributed by atoms with Crippen LogP contribution >= 0.6 is 0 Å². The van der Waals surface area contributed by atoms with Crippen LogP contribution in [-0.4, -0.2) is 27.8 Å². The number of carbonyl (C=O) groups excluding carboxylic acids is 1. The molecule has 0 spiro atoms. The average molecular weight is 195 g/mol. The van der Waals surface area contributed by atoms with Crippen LogP contribution in [0.15, 0.2) is 0 Å². The van der Waals surface area contributed by atoms with Gasteiger partial charge in [-0.25, -0.2) is 9.78 Å². The molecule has 2 rings (SSSR count). The van der Waals surface area contributed by atoms with Gasteiger partial charge < -0.3 is 4.74 Å². The van der Waals surface area contributed by atoms with E-state index in [1.807, 2.05) is 0 Å². The van der Waals surface area contributed by atoms with Crippen molar-refractivity contribution in [1.82, 2.24) is 15.2 Å². The summed E-state index contributed by atoms with van der Waals surface area (Å²) < 4.78 is 4.79. The van der Waals surface area contributed by atoms with Gasteiger partial charge in [-0.1, -0.05) is 6.42 Å². The zero-order valence-corrected chi connectivity index (χ0v) is 8.12. The Morgan fingerprint density at radius 3 is 3.00 bits per heavy atom. The topological polar surface area (TPSA) is 67.9 Å². The average Bonchev–Trinajstić information content (AvgIpc) is 2.50. The van der Waals surface area contributed by atoms with Crippen molar-refractivity contribution >= 4 is 5.97 Å². The zero-order valence-electron chi connectivity index (χ0n) is 8.12. The van der Waals surface area contributed by atoms with Crippen LogP contribution in [0.1, 0.15) is 48.5 Å². The van der Waals surface area contributed by atoms with E-state index in [1.165, 1.54) is 6.42 Å². The number of aromatic amines is 1. The van der Waals surface area contributed by atoms with Gasteiger partial charge in [-0.2, -0.15) is 0 Å². The third-order valence-electron chi connectivity index (χ3n) is 2.45. The molecule has 0 unspecified atom stereocenters. The van der Waals surface area contributed by atoms with E-state index in [-0.39, 0.29) is 5.82 Å². The fourth-order valence-corrected chi connectivity index (χ4v) is 1.43. The second-order valence-corrected chi connectivity index (χ2v) is 3.39. The Labute approximate surface area is 81.9 Å². The number of H-pyrrole nitrogens is 1. The van der Waals surface area contributed by atoms with E-state index in [0.29, 0.717) is 12.5 Å². The molecule has 1 aliphatic carbocycles. The summed E-state index contributed by atoms with van der Waals surface area (Å²) in [4.78, 5) is 15.3. The molecule has 0 bridgehead atoms. The van der Waals surface area contributed by atoms with E-state index in [4.69, 9.17) is 4.74 Å². The highest BCUT2D eigenvalue weighted by Crippen LogP contribution is 2.33. The summed E-state index contributed by atoms with van der Waals surface area (Å²) in [5, 5.41) is 6.61. The molecular weight excluding hydrogens is 182 g/mol. The second-order valence-electron chi connectivity index (χ2n) is 3.39. The molecule has 14 heavy (non-hydrogen) atoms. The van der Waals surface area contributed by atoms with E-state index in [1.54, 1.807) is 6.92 Å². The number of ether oxygens (including phenoxy) is 1. The lowest BCUT2D eigenvalue weighted by Crippen LogP contribution is -2.11. The molecule has 0 atom stereocenters. The van der Waals surface area contributed by atoms with Gasteiger partial charge in [-0.15, -0.1) is 5.10 Å². The molecule has 0 saturated heterocycles. The smallest absolute Gasteiger partial charge is 0.378 e. The number of carbonyl (C=O) groups is 1. The predicted molar refractivity (Wildman–Crippen MR) is 48.9 cm³/mol. The van der Waals surface area contributed by atoms with Gasteiger partial charge in [0.05, 0.1) is 6.61 Å². The lowest BCUT2D eigenvalue weighted by Gasteiger charge is -2.22. The van der Waals surface area contributed by atoms with Crippen molar-refractivity contribution in [3.63, 3.8) is 0 Å². The fraction of sp³-hybridized carbons (Fsp3) is 0.667. The number of aromatic nitrogens is 3. The number of esters is 1. The number of nitrogens with one attached hydrogen (secondary N) is 1. The van der Waals surface area contributed by atoms with Crippen LogP contribution in [-0.2, 0) is 4.74 Å². The Hall–Kier alpha value is -1.39. The van der Waals surface area contributed by atoms with Gasteiger partial charge in [0.25, 0.3) is 5.82 Å². The zero-order chi connectivity index (χ0) is 9.97. The van der Waals surface area contributed by atoms with Crippen molar-refractivity contribution in [2.24, 2.45) is 0 Å². The minimum absolute atomic E-state index is 0.147. The van der Waals surface area contributed by atoms with Crippen LogP contribution in [0, 0.1) is 0 Å². The summed E-state index contributed by atoms with van der Waals surface area (Å²) in [7, 11) is 0. The van der Waals surface area contributed by atoms with Gasteiger partial charge >= 0.3 is 5.97 Å². The van der Waals surface area contributed by atoms with Crippen molar-refractivity contribution in [2.45, 2.75) is 32.1 Å². The van der Waals surface area contributed by atoms with E-state index >= 15 is 0 Å². The van der Waals surface area contributed by atoms with Crippen molar-refractivity contribution in [3.8, 4) is 0 Å². The van der Waals surface area contributed by atoms with E-state index in [0.717, 1.165) is 18.7 Å². The largest absolute Gasteiger partial charge is 0.460 e. The van der Waals surface area contributed by atoms with Gasteiger partial charge in [-0.3, -0.25) is 5.10 Å². The summed E-state index contributed by atoms with van der Waals surface area (Å²) in [6.45, 7) is 2.11. The quantitative estimate of drug-likeness (QED) is 0.737. The highest BCUT2D eigenvalue weighted by molar-refractivity contribution is 5.84. The Morgan fingerprint density at radius 2 is 2.43 bits per heavy atom. The number of hydrogen-bond donors (Lipinski definition) is 1. The second kappa shape index (κ2) is 3.77. The number of rotatable bonds is 3. The summed E-state index contributed by atoms with van der Waals surface area (Å²) >= 11 is 0. The standard InChI is InChI=1S/C9H13N3O2/c1-2-14-9(13)8-10-7(11-12-8)6-4-3-5-6/h6H,2-5H2,1H3,(H,10,11,12). The normalized spacial score (nSPS) is 16.4. The van der Waals surface area contributed by atoms with Crippen LogP contribution in [0.3, 0.4) is 0 Å². The highest BCUT2D eigenvalue weighted by atomic mass is 16.5. The number of hydrogen-bond acceptors (Lipinski definition) is 4. The Morgan fingerprint density at radius 1 is 1.64 bits per heavy atom. The third-order valence-corrected chi connectivity index (χ3v) is 2.45. The lowest BCUT2D eigenvalue weighted by molar-refractivity contribution is 0.0512. The van der Waals surface area contributed by atoms with Crippen molar-refractivity contribution in [2.75, 3.05) is 6.61 Å². The van der Waals surface area contributed by atoms with E-state index in [9.17, 15) is 4.79 Å². The van der Waals surface area contributed by atoms with Gasteiger partial charge in [0.15, 0.2) is 0 Å². The molecule has 1 fully saturated rings. The Bertz CT molecular complexity index is 331. The maximum Gasteiger partial charge on any atom is 0.378 e. The highest BCUT2D eigenvalue weighted by Gasteiger charge is 2.24. The SMILES string of the molecule is CCOC(=O)c1n[nH]c(C2CCC2)n1. The molecule has 1 aromatic rings. The first kappa shape index (κ1) is 9.18.